The number of nitrogens with zero attached hydrogens (tertiary/aromatic N) is 4. The molecule has 0 amide bonds. The first-order chi connectivity index (χ1) is 18.6. The van der Waals surface area contributed by atoms with Gasteiger partial charge in [0.05, 0.1) is 45.0 Å². The van der Waals surface area contributed by atoms with Gasteiger partial charge in [-0.25, -0.2) is 19.2 Å². The summed E-state index contributed by atoms with van der Waals surface area (Å²) in [7, 11) is 9.81. The summed E-state index contributed by atoms with van der Waals surface area (Å²) in [6.45, 7) is 0. The van der Waals surface area contributed by atoms with Crippen molar-refractivity contribution >= 4 is 43.2 Å². The Balaban J connectivity index is 0.000000249. The Kier molecular flexibility index (Phi) is 12.0. The zero-order valence-corrected chi connectivity index (χ0v) is 23.3. The third-order valence-corrected chi connectivity index (χ3v) is 4.55. The molecule has 0 unspecified atom stereocenters. The number of carboxylic acid groups (broad SMARTS) is 4. The predicted molar refractivity (Wildman–Crippen MR) is 134 cm³/mol. The summed E-state index contributed by atoms with van der Waals surface area (Å²) < 4.78 is 0. The van der Waals surface area contributed by atoms with Crippen molar-refractivity contribution in [2.75, 3.05) is 0 Å². The van der Waals surface area contributed by atoms with Crippen LogP contribution in [-0.2, 0) is 15.4 Å². The van der Waals surface area contributed by atoms with Gasteiger partial charge in [-0.05, 0) is 48.5 Å². The third-order valence-electron chi connectivity index (χ3n) is 4.55. The van der Waals surface area contributed by atoms with Gasteiger partial charge in [0.1, 0.15) is 0 Å². The number of rotatable bonds is 6. The second-order valence-electron chi connectivity index (χ2n) is 6.99. The van der Waals surface area contributed by atoms with Crippen LogP contribution in [0.25, 0.3) is 22.8 Å². The summed E-state index contributed by atoms with van der Waals surface area (Å²) in [4.78, 5) is 59.2. The molecular formula is C24H16Cl2N4O8Os. The van der Waals surface area contributed by atoms with Gasteiger partial charge in [-0.3, -0.25) is 19.9 Å². The quantitative estimate of drug-likeness (QED) is 0.216. The number of aromatic nitrogens is 4. The molecule has 0 aliphatic rings. The number of carboxylic acids is 4. The summed E-state index contributed by atoms with van der Waals surface area (Å²) in [5.74, 6) is -4.30. The van der Waals surface area contributed by atoms with Crippen molar-refractivity contribution in [3.63, 3.8) is 0 Å². The molecule has 0 aliphatic heterocycles. The first-order valence-corrected chi connectivity index (χ1v) is 16.5. The molecule has 0 bridgehead atoms. The van der Waals surface area contributed by atoms with Gasteiger partial charge in [-0.1, -0.05) is 0 Å². The van der Waals surface area contributed by atoms with Gasteiger partial charge < -0.3 is 20.4 Å². The maximum atomic E-state index is 10.8. The van der Waals surface area contributed by atoms with Crippen LogP contribution in [0.4, 0.5) is 0 Å². The van der Waals surface area contributed by atoms with Crippen molar-refractivity contribution in [2.45, 2.75) is 0 Å². The molecule has 4 rings (SSSR count). The molecule has 4 N–H and O–H groups in total. The van der Waals surface area contributed by atoms with Crippen LogP contribution >= 0.6 is 19.3 Å². The van der Waals surface area contributed by atoms with E-state index in [0.717, 1.165) is 0 Å². The molecule has 202 valence electrons. The Morgan fingerprint density at radius 2 is 0.667 bits per heavy atom. The van der Waals surface area contributed by atoms with Gasteiger partial charge >= 0.3 is 58.6 Å². The van der Waals surface area contributed by atoms with Crippen LogP contribution in [0.15, 0.2) is 73.3 Å². The van der Waals surface area contributed by atoms with Gasteiger partial charge in [0, 0.05) is 24.8 Å². The number of pyridine rings is 4. The normalized spacial score (nSPS) is 9.79. The van der Waals surface area contributed by atoms with E-state index < -0.39 is 39.3 Å². The van der Waals surface area contributed by atoms with Crippen LogP contribution < -0.4 is 0 Å². The molecule has 12 nitrogen and oxygen atoms in total. The van der Waals surface area contributed by atoms with Crippen molar-refractivity contribution in [2.24, 2.45) is 0 Å². The first-order valence-electron chi connectivity index (χ1n) is 10.2. The standard InChI is InChI=1S/2C12H8N2O4.2ClH.Os/c2*15-11(16)7-1-3-13-9(5-7)10-6-8(12(17)18)2-4-14-10;;;/h2*1-6H,(H,15,16)(H,17,18);2*1H;/q;;;;+2/p-2. The first kappa shape index (κ1) is 30.9. The molecule has 0 atom stereocenters. The van der Waals surface area contributed by atoms with E-state index in [9.17, 15) is 19.2 Å². The third kappa shape index (κ3) is 9.50. The number of halogens is 2. The van der Waals surface area contributed by atoms with Gasteiger partial charge in [0.25, 0.3) is 0 Å². The topological polar surface area (TPSA) is 201 Å². The Morgan fingerprint density at radius 3 is 0.821 bits per heavy atom. The molecule has 4 aromatic rings. The monoisotopic (exact) mass is 750 g/mol. The summed E-state index contributed by atoms with van der Waals surface area (Å²) in [5.41, 5.74) is 1.56. The van der Waals surface area contributed by atoms with E-state index in [1.807, 2.05) is 0 Å². The van der Waals surface area contributed by atoms with E-state index >= 15 is 0 Å². The molecule has 15 heteroatoms. The van der Waals surface area contributed by atoms with Crippen LogP contribution in [0.2, 0.25) is 0 Å². The minimum atomic E-state index is -1.08. The fourth-order valence-electron chi connectivity index (χ4n) is 2.81. The van der Waals surface area contributed by atoms with E-state index in [1.165, 1.54) is 73.3 Å². The SMILES string of the molecule is O=C(O)c1ccnc(-c2cc(C(=O)O)ccn2)c1.O=C(O)c1ccnc(-c2cc(C(=O)O)ccn2)c1.[Cl][Os][Cl]. The molecule has 39 heavy (non-hydrogen) atoms. The molecule has 0 aliphatic carbocycles. The molecule has 0 radical (unpaired) electrons. The van der Waals surface area contributed by atoms with Crippen molar-refractivity contribution < 1.29 is 55.0 Å². The van der Waals surface area contributed by atoms with Gasteiger partial charge in [-0.15, -0.1) is 0 Å². The van der Waals surface area contributed by atoms with E-state index in [0.29, 0.717) is 22.8 Å². The number of hydrogen-bond acceptors (Lipinski definition) is 8. The van der Waals surface area contributed by atoms with Crippen LogP contribution in [0.5, 0.6) is 0 Å². The molecule has 4 aromatic heterocycles. The predicted octanol–water partition coefficient (Wildman–Crippen LogP) is 4.46. The molecule has 0 spiro atoms. The summed E-state index contributed by atoms with van der Waals surface area (Å²) >= 11 is -0.639. The molecule has 4 heterocycles. The maximum absolute atomic E-state index is 10.8. The Hall–Kier alpha value is -4.30. The average Bonchev–Trinajstić information content (AvgIpc) is 2.94. The second kappa shape index (κ2) is 15.2. The Labute approximate surface area is 235 Å². The number of hydrogen-bond donors (Lipinski definition) is 4. The van der Waals surface area contributed by atoms with Gasteiger partial charge in [-0.2, -0.15) is 0 Å². The van der Waals surface area contributed by atoms with E-state index in [2.05, 4.69) is 19.9 Å². The second-order valence-corrected chi connectivity index (χ2v) is 10.7. The summed E-state index contributed by atoms with van der Waals surface area (Å²) in [6.07, 6.45) is 5.36. The Morgan fingerprint density at radius 1 is 0.487 bits per heavy atom. The summed E-state index contributed by atoms with van der Waals surface area (Å²) in [5, 5.41) is 35.4. The van der Waals surface area contributed by atoms with Crippen molar-refractivity contribution in [1.82, 2.24) is 19.9 Å². The van der Waals surface area contributed by atoms with Gasteiger partial charge in [0.2, 0.25) is 0 Å². The molecule has 0 aromatic carbocycles. The fourth-order valence-corrected chi connectivity index (χ4v) is 2.81. The minimum absolute atomic E-state index is 0.0718. The average molecular weight is 750 g/mol. The molecule has 0 fully saturated rings. The molecule has 0 saturated heterocycles. The Bertz CT molecular complexity index is 1280. The van der Waals surface area contributed by atoms with E-state index in [-0.39, 0.29) is 22.3 Å². The molecular weight excluding hydrogens is 733 g/mol. The van der Waals surface area contributed by atoms with Crippen LogP contribution in [0, 0.1) is 0 Å². The van der Waals surface area contributed by atoms with Crippen molar-refractivity contribution in [3.8, 4) is 22.8 Å². The molecule has 0 saturated carbocycles. The van der Waals surface area contributed by atoms with E-state index in [1.54, 1.807) is 0 Å². The van der Waals surface area contributed by atoms with Crippen molar-refractivity contribution in [1.29, 1.82) is 0 Å². The van der Waals surface area contributed by atoms with E-state index in [4.69, 9.17) is 39.7 Å². The van der Waals surface area contributed by atoms with Crippen LogP contribution in [-0.4, -0.2) is 64.2 Å². The van der Waals surface area contributed by atoms with Crippen LogP contribution in [0.1, 0.15) is 41.4 Å². The van der Waals surface area contributed by atoms with Crippen molar-refractivity contribution in [3.05, 3.63) is 95.6 Å². The number of aromatic carboxylic acids is 4. The van der Waals surface area contributed by atoms with Crippen LogP contribution in [0.3, 0.4) is 0 Å². The fraction of sp³-hybridized carbons (Fsp3) is 0. The zero-order chi connectivity index (χ0) is 28.9. The number of carbonyl (C=O) groups is 4. The zero-order valence-electron chi connectivity index (χ0n) is 19.2. The van der Waals surface area contributed by atoms with Gasteiger partial charge in [0.15, 0.2) is 0 Å². The summed E-state index contributed by atoms with van der Waals surface area (Å²) in [6, 6.07) is 10.8.